The van der Waals surface area contributed by atoms with Crippen LogP contribution in [0.5, 0.6) is 0 Å². The van der Waals surface area contributed by atoms with Crippen LogP contribution in [0.15, 0.2) is 30.6 Å². The van der Waals surface area contributed by atoms with Gasteiger partial charge < -0.3 is 10.2 Å². The van der Waals surface area contributed by atoms with Gasteiger partial charge in [0.2, 0.25) is 5.95 Å². The van der Waals surface area contributed by atoms with Crippen LogP contribution in [0.1, 0.15) is 31.0 Å². The molecule has 0 bridgehead atoms. The van der Waals surface area contributed by atoms with Crippen molar-refractivity contribution in [1.82, 2.24) is 15.0 Å². The lowest BCUT2D eigenvalue weighted by Gasteiger charge is -2.30. The SMILES string of the molecule is Cc1cc(NCc2ccncc2)nc(N2CCC(C)CC2)n1. The molecule has 0 saturated carbocycles. The first-order chi connectivity index (χ1) is 10.7. The highest BCUT2D eigenvalue weighted by atomic mass is 15.3. The molecule has 0 radical (unpaired) electrons. The number of aromatic nitrogens is 3. The molecular formula is C17H23N5. The first-order valence-electron chi connectivity index (χ1n) is 7.94. The van der Waals surface area contributed by atoms with Crippen LogP contribution in [0.25, 0.3) is 0 Å². The van der Waals surface area contributed by atoms with E-state index in [0.717, 1.165) is 43.0 Å². The van der Waals surface area contributed by atoms with Gasteiger partial charge in [0.1, 0.15) is 5.82 Å². The zero-order valence-corrected chi connectivity index (χ0v) is 13.3. The van der Waals surface area contributed by atoms with E-state index < -0.39 is 0 Å². The minimum atomic E-state index is 0.745. The molecule has 0 aromatic carbocycles. The standard InChI is InChI=1S/C17H23N5/c1-13-5-9-22(10-6-13)17-20-14(2)11-16(21-17)19-12-15-3-7-18-8-4-15/h3-4,7-8,11,13H,5-6,9-10,12H2,1-2H3,(H,19,20,21). The monoisotopic (exact) mass is 297 g/mol. The lowest BCUT2D eigenvalue weighted by molar-refractivity contribution is 0.434. The molecule has 1 N–H and O–H groups in total. The zero-order chi connectivity index (χ0) is 15.4. The second-order valence-electron chi connectivity index (χ2n) is 6.07. The van der Waals surface area contributed by atoms with Gasteiger partial charge in [-0.15, -0.1) is 0 Å². The lowest BCUT2D eigenvalue weighted by atomic mass is 10.00. The number of hydrogen-bond donors (Lipinski definition) is 1. The second-order valence-corrected chi connectivity index (χ2v) is 6.07. The summed E-state index contributed by atoms with van der Waals surface area (Å²) < 4.78 is 0. The van der Waals surface area contributed by atoms with Gasteiger partial charge in [0, 0.05) is 43.8 Å². The fourth-order valence-electron chi connectivity index (χ4n) is 2.69. The van der Waals surface area contributed by atoms with Crippen molar-refractivity contribution < 1.29 is 0 Å². The van der Waals surface area contributed by atoms with Crippen molar-refractivity contribution in [3.05, 3.63) is 41.9 Å². The number of aryl methyl sites for hydroxylation is 1. The van der Waals surface area contributed by atoms with E-state index in [2.05, 4.69) is 32.1 Å². The maximum Gasteiger partial charge on any atom is 0.227 e. The molecule has 1 aliphatic rings. The van der Waals surface area contributed by atoms with E-state index in [0.29, 0.717) is 0 Å². The van der Waals surface area contributed by atoms with Crippen molar-refractivity contribution in [3.63, 3.8) is 0 Å². The van der Waals surface area contributed by atoms with E-state index in [4.69, 9.17) is 0 Å². The van der Waals surface area contributed by atoms with Crippen molar-refractivity contribution in [3.8, 4) is 0 Å². The second kappa shape index (κ2) is 6.73. The van der Waals surface area contributed by atoms with Crippen LogP contribution in [-0.4, -0.2) is 28.0 Å². The minimum Gasteiger partial charge on any atom is -0.366 e. The molecule has 0 unspecified atom stereocenters. The summed E-state index contributed by atoms with van der Waals surface area (Å²) in [6.45, 7) is 7.18. The van der Waals surface area contributed by atoms with Gasteiger partial charge in [0.05, 0.1) is 0 Å². The Morgan fingerprint density at radius 1 is 1.18 bits per heavy atom. The number of pyridine rings is 1. The smallest absolute Gasteiger partial charge is 0.227 e. The number of hydrogen-bond acceptors (Lipinski definition) is 5. The fourth-order valence-corrected chi connectivity index (χ4v) is 2.69. The summed E-state index contributed by atoms with van der Waals surface area (Å²) >= 11 is 0. The van der Waals surface area contributed by atoms with Crippen LogP contribution < -0.4 is 10.2 Å². The Labute approximate surface area is 131 Å². The molecule has 5 nitrogen and oxygen atoms in total. The molecule has 3 rings (SSSR count). The number of anilines is 2. The summed E-state index contributed by atoms with van der Waals surface area (Å²) in [5.74, 6) is 2.55. The molecule has 2 aromatic heterocycles. The number of nitrogens with zero attached hydrogens (tertiary/aromatic N) is 4. The number of nitrogens with one attached hydrogen (secondary N) is 1. The van der Waals surface area contributed by atoms with Gasteiger partial charge in [-0.3, -0.25) is 4.98 Å². The molecule has 2 aromatic rings. The van der Waals surface area contributed by atoms with Crippen LogP contribution in [0, 0.1) is 12.8 Å². The Morgan fingerprint density at radius 2 is 1.91 bits per heavy atom. The van der Waals surface area contributed by atoms with Gasteiger partial charge in [0.25, 0.3) is 0 Å². The number of rotatable bonds is 4. The highest BCUT2D eigenvalue weighted by Crippen LogP contribution is 2.21. The largest absolute Gasteiger partial charge is 0.366 e. The number of piperidine rings is 1. The minimum absolute atomic E-state index is 0.745. The van der Waals surface area contributed by atoms with Gasteiger partial charge in [-0.1, -0.05) is 6.92 Å². The molecule has 3 heterocycles. The maximum absolute atomic E-state index is 4.69. The van der Waals surface area contributed by atoms with E-state index in [1.54, 1.807) is 0 Å². The fraction of sp³-hybridized carbons (Fsp3) is 0.471. The Hall–Kier alpha value is -2.17. The molecule has 1 fully saturated rings. The molecule has 0 amide bonds. The van der Waals surface area contributed by atoms with E-state index in [1.807, 2.05) is 37.5 Å². The van der Waals surface area contributed by atoms with E-state index in [9.17, 15) is 0 Å². The summed E-state index contributed by atoms with van der Waals surface area (Å²) in [6, 6.07) is 6.01. The van der Waals surface area contributed by atoms with Crippen molar-refractivity contribution in [2.45, 2.75) is 33.2 Å². The Balaban J connectivity index is 1.70. The summed E-state index contributed by atoms with van der Waals surface area (Å²) in [5.41, 5.74) is 2.19. The van der Waals surface area contributed by atoms with Crippen molar-refractivity contribution in [2.24, 2.45) is 5.92 Å². The van der Waals surface area contributed by atoms with Gasteiger partial charge >= 0.3 is 0 Å². The van der Waals surface area contributed by atoms with Gasteiger partial charge in [0.15, 0.2) is 0 Å². The summed E-state index contributed by atoms with van der Waals surface area (Å²) in [7, 11) is 0. The van der Waals surface area contributed by atoms with E-state index in [-0.39, 0.29) is 0 Å². The summed E-state index contributed by atoms with van der Waals surface area (Å²) in [5, 5.41) is 3.38. The molecule has 5 heteroatoms. The lowest BCUT2D eigenvalue weighted by Crippen LogP contribution is -2.34. The van der Waals surface area contributed by atoms with Gasteiger partial charge in [-0.05, 0) is 43.4 Å². The molecule has 0 spiro atoms. The summed E-state index contributed by atoms with van der Waals surface area (Å²) in [4.78, 5) is 15.6. The van der Waals surface area contributed by atoms with Crippen molar-refractivity contribution in [2.75, 3.05) is 23.3 Å². The predicted molar refractivity (Wildman–Crippen MR) is 88.9 cm³/mol. The predicted octanol–water partition coefficient (Wildman–Crippen LogP) is 3.03. The summed E-state index contributed by atoms with van der Waals surface area (Å²) in [6.07, 6.45) is 6.05. The van der Waals surface area contributed by atoms with Crippen LogP contribution in [0.3, 0.4) is 0 Å². The highest BCUT2D eigenvalue weighted by molar-refractivity contribution is 5.44. The average molecular weight is 297 g/mol. The highest BCUT2D eigenvalue weighted by Gasteiger charge is 2.18. The molecule has 1 aliphatic heterocycles. The molecular weight excluding hydrogens is 274 g/mol. The van der Waals surface area contributed by atoms with Crippen LogP contribution >= 0.6 is 0 Å². The maximum atomic E-state index is 4.69. The zero-order valence-electron chi connectivity index (χ0n) is 13.3. The third-order valence-electron chi connectivity index (χ3n) is 4.13. The first-order valence-corrected chi connectivity index (χ1v) is 7.94. The van der Waals surface area contributed by atoms with Crippen molar-refractivity contribution >= 4 is 11.8 Å². The van der Waals surface area contributed by atoms with Crippen LogP contribution in [0.2, 0.25) is 0 Å². The third-order valence-corrected chi connectivity index (χ3v) is 4.13. The molecule has 0 atom stereocenters. The topological polar surface area (TPSA) is 53.9 Å². The quantitative estimate of drug-likeness (QED) is 0.940. The Morgan fingerprint density at radius 3 is 2.64 bits per heavy atom. The normalized spacial score (nSPS) is 15.8. The molecule has 0 aliphatic carbocycles. The first kappa shape index (κ1) is 14.8. The average Bonchev–Trinajstić information content (AvgIpc) is 2.54. The third kappa shape index (κ3) is 3.72. The molecule has 116 valence electrons. The molecule has 22 heavy (non-hydrogen) atoms. The van der Waals surface area contributed by atoms with Gasteiger partial charge in [-0.2, -0.15) is 4.98 Å². The van der Waals surface area contributed by atoms with E-state index in [1.165, 1.54) is 18.4 Å². The van der Waals surface area contributed by atoms with E-state index >= 15 is 0 Å². The van der Waals surface area contributed by atoms with Crippen LogP contribution in [-0.2, 0) is 6.54 Å². The van der Waals surface area contributed by atoms with Crippen molar-refractivity contribution in [1.29, 1.82) is 0 Å². The van der Waals surface area contributed by atoms with Gasteiger partial charge in [-0.25, -0.2) is 4.98 Å². The molecule has 1 saturated heterocycles. The van der Waals surface area contributed by atoms with Crippen LogP contribution in [0.4, 0.5) is 11.8 Å². The Kier molecular flexibility index (Phi) is 4.51. The Bertz CT molecular complexity index is 606.